The minimum absolute atomic E-state index is 0.00309. The fourth-order valence-corrected chi connectivity index (χ4v) is 3.02. The van der Waals surface area contributed by atoms with E-state index >= 15 is 0 Å². The van der Waals surface area contributed by atoms with Crippen molar-refractivity contribution in [3.63, 3.8) is 0 Å². The van der Waals surface area contributed by atoms with Crippen LogP contribution < -0.4 is 16.2 Å². The number of halogens is 1. The van der Waals surface area contributed by atoms with Crippen LogP contribution in [0.25, 0.3) is 0 Å². The van der Waals surface area contributed by atoms with Crippen molar-refractivity contribution in [2.75, 3.05) is 11.9 Å². The van der Waals surface area contributed by atoms with E-state index in [0.717, 1.165) is 4.90 Å². The van der Waals surface area contributed by atoms with Gasteiger partial charge in [-0.1, -0.05) is 29.8 Å². The predicted molar refractivity (Wildman–Crippen MR) is 110 cm³/mol. The Morgan fingerprint density at radius 3 is 2.54 bits per heavy atom. The van der Waals surface area contributed by atoms with E-state index in [1.807, 2.05) is 0 Å². The van der Waals surface area contributed by atoms with E-state index in [1.54, 1.807) is 48.5 Å². The standard InChI is InChI=1S/C19H17ClN4O3S/c20-13-5-7-14(8-6-13)21-19(28)23-22-16(25)9-10-24-17(26)11-12-3-1-2-4-15(12)18(24)27/h1-8H,9-11H2,(H,22,25)(H2,21,23,28). The SMILES string of the molecule is O=C(CCN1C(=O)Cc2ccccc2C1=O)NNC(=S)Nc1ccc(Cl)cc1. The highest BCUT2D eigenvalue weighted by Crippen LogP contribution is 2.19. The van der Waals surface area contributed by atoms with Crippen molar-refractivity contribution in [3.05, 3.63) is 64.7 Å². The van der Waals surface area contributed by atoms with E-state index in [2.05, 4.69) is 16.2 Å². The molecule has 0 fully saturated rings. The van der Waals surface area contributed by atoms with Crippen LogP contribution in [0.3, 0.4) is 0 Å². The molecule has 0 unspecified atom stereocenters. The van der Waals surface area contributed by atoms with Gasteiger partial charge in [0.1, 0.15) is 0 Å². The third kappa shape index (κ3) is 4.85. The molecule has 0 saturated heterocycles. The predicted octanol–water partition coefficient (Wildman–Crippen LogP) is 2.27. The van der Waals surface area contributed by atoms with Crippen molar-refractivity contribution in [3.8, 4) is 0 Å². The molecule has 9 heteroatoms. The average Bonchev–Trinajstić information content (AvgIpc) is 2.68. The van der Waals surface area contributed by atoms with Crippen molar-refractivity contribution in [2.24, 2.45) is 0 Å². The van der Waals surface area contributed by atoms with E-state index in [1.165, 1.54) is 0 Å². The minimum Gasteiger partial charge on any atom is -0.331 e. The number of fused-ring (bicyclic) bond motifs is 1. The topological polar surface area (TPSA) is 90.5 Å². The van der Waals surface area contributed by atoms with Gasteiger partial charge in [0.25, 0.3) is 5.91 Å². The highest BCUT2D eigenvalue weighted by atomic mass is 35.5. The molecule has 28 heavy (non-hydrogen) atoms. The normalized spacial score (nSPS) is 13.0. The highest BCUT2D eigenvalue weighted by molar-refractivity contribution is 7.80. The zero-order valence-electron chi connectivity index (χ0n) is 14.7. The van der Waals surface area contributed by atoms with Gasteiger partial charge in [0, 0.05) is 29.2 Å². The lowest BCUT2D eigenvalue weighted by molar-refractivity contribution is -0.129. The molecule has 0 aromatic heterocycles. The molecular weight excluding hydrogens is 400 g/mol. The zero-order chi connectivity index (χ0) is 20.1. The van der Waals surface area contributed by atoms with Gasteiger partial charge < -0.3 is 5.32 Å². The molecule has 0 aliphatic carbocycles. The van der Waals surface area contributed by atoms with Crippen molar-refractivity contribution < 1.29 is 14.4 Å². The van der Waals surface area contributed by atoms with Crippen molar-refractivity contribution in [1.29, 1.82) is 0 Å². The molecule has 3 amide bonds. The van der Waals surface area contributed by atoms with E-state index in [9.17, 15) is 14.4 Å². The quantitative estimate of drug-likeness (QED) is 0.402. The summed E-state index contributed by atoms with van der Waals surface area (Å²) in [7, 11) is 0. The zero-order valence-corrected chi connectivity index (χ0v) is 16.3. The first-order valence-electron chi connectivity index (χ1n) is 8.48. The van der Waals surface area contributed by atoms with Gasteiger partial charge in [0.15, 0.2) is 5.11 Å². The number of anilines is 1. The van der Waals surface area contributed by atoms with Crippen LogP contribution in [0.1, 0.15) is 22.3 Å². The van der Waals surface area contributed by atoms with Crippen LogP contribution in [0.15, 0.2) is 48.5 Å². The number of imide groups is 1. The Kier molecular flexibility index (Phi) is 6.23. The van der Waals surface area contributed by atoms with Gasteiger partial charge in [-0.2, -0.15) is 0 Å². The number of carbonyl (C=O) groups is 3. The molecule has 144 valence electrons. The summed E-state index contributed by atoms with van der Waals surface area (Å²) in [5.41, 5.74) is 6.91. The monoisotopic (exact) mass is 416 g/mol. The number of hydrogen-bond acceptors (Lipinski definition) is 4. The van der Waals surface area contributed by atoms with Crippen molar-refractivity contribution >= 4 is 52.3 Å². The summed E-state index contributed by atoms with van der Waals surface area (Å²) in [6.45, 7) is -0.00309. The Morgan fingerprint density at radius 2 is 1.79 bits per heavy atom. The third-order valence-electron chi connectivity index (χ3n) is 4.12. The van der Waals surface area contributed by atoms with Crippen LogP contribution in [0.4, 0.5) is 5.69 Å². The fourth-order valence-electron chi connectivity index (χ4n) is 2.72. The molecule has 1 aliphatic rings. The van der Waals surface area contributed by atoms with Crippen LogP contribution in [-0.2, 0) is 16.0 Å². The van der Waals surface area contributed by atoms with E-state index < -0.39 is 5.91 Å². The van der Waals surface area contributed by atoms with Gasteiger partial charge in [-0.05, 0) is 48.1 Å². The van der Waals surface area contributed by atoms with Crippen LogP contribution in [0.5, 0.6) is 0 Å². The molecule has 0 radical (unpaired) electrons. The number of nitrogens with one attached hydrogen (secondary N) is 3. The van der Waals surface area contributed by atoms with Crippen LogP contribution in [-0.4, -0.2) is 34.3 Å². The van der Waals surface area contributed by atoms with Crippen LogP contribution in [0, 0.1) is 0 Å². The number of carbonyl (C=O) groups excluding carboxylic acids is 3. The van der Waals surface area contributed by atoms with Gasteiger partial charge in [0.05, 0.1) is 6.42 Å². The molecular formula is C19H17ClN4O3S. The molecule has 2 aromatic rings. The van der Waals surface area contributed by atoms with Gasteiger partial charge in [0.2, 0.25) is 11.8 Å². The number of hydrazine groups is 1. The summed E-state index contributed by atoms with van der Waals surface area (Å²) >= 11 is 10.9. The summed E-state index contributed by atoms with van der Waals surface area (Å²) in [5.74, 6) is -1.10. The Morgan fingerprint density at radius 1 is 1.07 bits per heavy atom. The Hall–Kier alpha value is -2.97. The Labute approximate surface area is 172 Å². The van der Waals surface area contributed by atoms with E-state index in [4.69, 9.17) is 23.8 Å². The van der Waals surface area contributed by atoms with E-state index in [0.29, 0.717) is 21.8 Å². The number of benzene rings is 2. The number of hydrogen-bond donors (Lipinski definition) is 3. The first kappa shape index (κ1) is 19.8. The number of thiocarbonyl (C=S) groups is 1. The molecule has 3 rings (SSSR count). The fraction of sp³-hybridized carbons (Fsp3) is 0.158. The average molecular weight is 417 g/mol. The largest absolute Gasteiger partial charge is 0.331 e. The minimum atomic E-state index is -0.403. The van der Waals surface area contributed by atoms with Crippen LogP contribution in [0.2, 0.25) is 5.02 Å². The molecule has 0 spiro atoms. The van der Waals surface area contributed by atoms with Crippen molar-refractivity contribution in [2.45, 2.75) is 12.8 Å². The third-order valence-corrected chi connectivity index (χ3v) is 4.57. The smallest absolute Gasteiger partial charge is 0.260 e. The Bertz CT molecular complexity index is 933. The molecule has 0 bridgehead atoms. The highest BCUT2D eigenvalue weighted by Gasteiger charge is 2.30. The molecule has 7 nitrogen and oxygen atoms in total. The second-order valence-corrected chi connectivity index (χ2v) is 6.91. The second kappa shape index (κ2) is 8.81. The van der Waals surface area contributed by atoms with Gasteiger partial charge in [-0.3, -0.25) is 30.1 Å². The number of nitrogens with zero attached hydrogens (tertiary/aromatic N) is 1. The molecule has 0 saturated carbocycles. The molecule has 1 heterocycles. The van der Waals surface area contributed by atoms with Gasteiger partial charge >= 0.3 is 0 Å². The maximum atomic E-state index is 12.5. The first-order valence-corrected chi connectivity index (χ1v) is 9.26. The summed E-state index contributed by atoms with van der Waals surface area (Å²) in [6, 6.07) is 13.9. The summed E-state index contributed by atoms with van der Waals surface area (Å²) in [5, 5.41) is 3.67. The summed E-state index contributed by atoms with van der Waals surface area (Å²) in [6.07, 6.45) is 0.104. The molecule has 0 atom stereocenters. The summed E-state index contributed by atoms with van der Waals surface area (Å²) in [4.78, 5) is 37.8. The lowest BCUT2D eigenvalue weighted by atomic mass is 9.98. The lowest BCUT2D eigenvalue weighted by Gasteiger charge is -2.26. The van der Waals surface area contributed by atoms with Gasteiger partial charge in [-0.15, -0.1) is 0 Å². The number of amides is 3. The second-order valence-electron chi connectivity index (χ2n) is 6.07. The molecule has 3 N–H and O–H groups in total. The lowest BCUT2D eigenvalue weighted by Crippen LogP contribution is -2.47. The maximum absolute atomic E-state index is 12.5. The molecule has 2 aromatic carbocycles. The van der Waals surface area contributed by atoms with Crippen LogP contribution >= 0.6 is 23.8 Å². The first-order chi connectivity index (χ1) is 13.4. The van der Waals surface area contributed by atoms with Gasteiger partial charge in [-0.25, -0.2) is 0 Å². The number of rotatable bonds is 4. The maximum Gasteiger partial charge on any atom is 0.260 e. The van der Waals surface area contributed by atoms with E-state index in [-0.39, 0.29) is 36.3 Å². The molecule has 1 aliphatic heterocycles. The van der Waals surface area contributed by atoms with Crippen molar-refractivity contribution in [1.82, 2.24) is 15.8 Å². The summed E-state index contributed by atoms with van der Waals surface area (Å²) < 4.78 is 0. The Balaban J connectivity index is 1.46.